The molecule has 1 heterocycles. The van der Waals surface area contributed by atoms with Gasteiger partial charge in [-0.25, -0.2) is 0 Å². The van der Waals surface area contributed by atoms with Crippen LogP contribution in [0, 0.1) is 5.92 Å². The largest absolute Gasteiger partial charge is 0.383 e. The summed E-state index contributed by atoms with van der Waals surface area (Å²) in [6.45, 7) is 2.27. The summed E-state index contributed by atoms with van der Waals surface area (Å²) in [5.74, 6) is 0.775. The van der Waals surface area contributed by atoms with Crippen LogP contribution in [0.2, 0.25) is 0 Å². The summed E-state index contributed by atoms with van der Waals surface area (Å²) in [6, 6.07) is 0.500. The molecule has 0 bridgehead atoms. The third-order valence-corrected chi connectivity index (χ3v) is 2.77. The second kappa shape index (κ2) is 3.24. The van der Waals surface area contributed by atoms with E-state index in [4.69, 9.17) is 4.74 Å². The van der Waals surface area contributed by atoms with Gasteiger partial charge in [-0.05, 0) is 12.3 Å². The number of hydrogen-bond donors (Lipinski definition) is 0. The molecule has 3 heteroatoms. The smallest absolute Gasteiger partial charge is 0.139 e. The van der Waals surface area contributed by atoms with Crippen molar-refractivity contribution in [2.24, 2.45) is 5.92 Å². The van der Waals surface area contributed by atoms with Gasteiger partial charge in [0.15, 0.2) is 0 Å². The van der Waals surface area contributed by atoms with Crippen LogP contribution in [0.25, 0.3) is 0 Å². The molecular weight excluding hydrogens is 226 g/mol. The Morgan fingerprint density at radius 2 is 2.44 bits per heavy atom. The lowest BCUT2D eigenvalue weighted by molar-refractivity contribution is 0.0937. The highest BCUT2D eigenvalue weighted by Gasteiger charge is 2.27. The van der Waals surface area contributed by atoms with Crippen molar-refractivity contribution in [2.75, 3.05) is 4.43 Å². The highest BCUT2D eigenvalue weighted by molar-refractivity contribution is 14.1. The summed E-state index contributed by atoms with van der Waals surface area (Å²) >= 11 is 2.39. The molecule has 1 nitrogen and oxygen atoms in total. The van der Waals surface area contributed by atoms with Crippen LogP contribution in [0.1, 0.15) is 13.3 Å². The van der Waals surface area contributed by atoms with Crippen LogP contribution >= 0.6 is 22.6 Å². The molecule has 0 aromatic rings. The summed E-state index contributed by atoms with van der Waals surface area (Å²) in [5.41, 5.74) is 0. The number of ether oxygens (including phenoxy) is 1. The van der Waals surface area contributed by atoms with E-state index in [0.717, 1.165) is 10.3 Å². The Morgan fingerprint density at radius 1 is 1.78 bits per heavy atom. The topological polar surface area (TPSA) is 9.23 Å². The molecule has 3 atom stereocenters. The molecule has 0 aromatic carbocycles. The van der Waals surface area contributed by atoms with Crippen LogP contribution in [-0.4, -0.2) is 24.4 Å². The molecule has 0 saturated carbocycles. The molecule has 52 valence electrons. The maximum Gasteiger partial charge on any atom is 0.139 e. The van der Waals surface area contributed by atoms with Crippen molar-refractivity contribution in [3.8, 4) is 0 Å². The van der Waals surface area contributed by atoms with Gasteiger partial charge in [-0.3, -0.25) is 0 Å². The van der Waals surface area contributed by atoms with Gasteiger partial charge >= 0.3 is 0 Å². The van der Waals surface area contributed by atoms with Crippen LogP contribution in [0.15, 0.2) is 0 Å². The minimum absolute atomic E-state index is 0.500. The number of hydrogen-bond acceptors (Lipinski definition) is 1. The normalized spacial score (nSPS) is 43.6. The van der Waals surface area contributed by atoms with E-state index in [1.54, 1.807) is 0 Å². The summed E-state index contributed by atoms with van der Waals surface area (Å²) in [4.78, 5) is 0. The highest BCUT2D eigenvalue weighted by Crippen LogP contribution is 2.25. The standard InChI is InChI=1S/C6H12BIO/c1-4-2-6(7)9-5(4)3-8/h4-6H,2-3,7H2,1H3/t4-,5+,6+/m0/s1. The van der Waals surface area contributed by atoms with E-state index >= 15 is 0 Å². The van der Waals surface area contributed by atoms with E-state index in [1.807, 2.05) is 0 Å². The zero-order chi connectivity index (χ0) is 6.85. The molecular formula is C6H12BIO. The monoisotopic (exact) mass is 238 g/mol. The molecule has 1 aliphatic rings. The summed E-state index contributed by atoms with van der Waals surface area (Å²) in [5, 5.41) is 0. The summed E-state index contributed by atoms with van der Waals surface area (Å²) in [7, 11) is 2.16. The van der Waals surface area contributed by atoms with Gasteiger partial charge in [-0.15, -0.1) is 0 Å². The lowest BCUT2D eigenvalue weighted by Gasteiger charge is -2.09. The van der Waals surface area contributed by atoms with Gasteiger partial charge in [-0.1, -0.05) is 29.5 Å². The average Bonchev–Trinajstić information content (AvgIpc) is 2.10. The average molecular weight is 238 g/mol. The molecule has 0 spiro atoms. The van der Waals surface area contributed by atoms with Crippen LogP contribution in [0.5, 0.6) is 0 Å². The van der Waals surface area contributed by atoms with Crippen LogP contribution in [0.4, 0.5) is 0 Å². The van der Waals surface area contributed by atoms with Gasteiger partial charge in [0.05, 0.1) is 6.10 Å². The Hall–Kier alpha value is 0.755. The predicted molar refractivity (Wildman–Crippen MR) is 49.9 cm³/mol. The van der Waals surface area contributed by atoms with Crippen LogP contribution in [-0.2, 0) is 4.74 Å². The first-order valence-corrected chi connectivity index (χ1v) is 4.98. The Kier molecular flexibility index (Phi) is 2.83. The number of halogens is 1. The number of alkyl halides is 1. The molecule has 1 rings (SSSR count). The second-order valence-electron chi connectivity index (χ2n) is 2.85. The first kappa shape index (κ1) is 7.86. The highest BCUT2D eigenvalue weighted by atomic mass is 127. The number of rotatable bonds is 1. The molecule has 0 aliphatic carbocycles. The van der Waals surface area contributed by atoms with Crippen molar-refractivity contribution < 1.29 is 4.74 Å². The summed E-state index contributed by atoms with van der Waals surface area (Å²) < 4.78 is 6.76. The Balaban J connectivity index is 2.38. The van der Waals surface area contributed by atoms with Crippen molar-refractivity contribution in [3.63, 3.8) is 0 Å². The maximum absolute atomic E-state index is 5.62. The van der Waals surface area contributed by atoms with E-state index in [-0.39, 0.29) is 0 Å². The van der Waals surface area contributed by atoms with Gasteiger partial charge < -0.3 is 4.74 Å². The quantitative estimate of drug-likeness (QED) is 0.373. The molecule has 0 N–H and O–H groups in total. The minimum atomic E-state index is 0.500. The SMILES string of the molecule is B[C@H]1C[C@H](C)[C@@H](CI)O1. The van der Waals surface area contributed by atoms with Crippen LogP contribution in [0.3, 0.4) is 0 Å². The molecule has 0 radical (unpaired) electrons. The fraction of sp³-hybridized carbons (Fsp3) is 1.00. The third kappa shape index (κ3) is 1.83. The van der Waals surface area contributed by atoms with E-state index in [1.165, 1.54) is 6.42 Å². The van der Waals surface area contributed by atoms with E-state index in [0.29, 0.717) is 12.1 Å². The Morgan fingerprint density at radius 3 is 2.67 bits per heavy atom. The maximum atomic E-state index is 5.62. The first-order chi connectivity index (χ1) is 4.24. The van der Waals surface area contributed by atoms with Gasteiger partial charge in [0, 0.05) is 10.4 Å². The molecule has 1 saturated heterocycles. The zero-order valence-corrected chi connectivity index (χ0v) is 8.09. The van der Waals surface area contributed by atoms with Gasteiger partial charge in [-0.2, -0.15) is 0 Å². The van der Waals surface area contributed by atoms with Crippen molar-refractivity contribution in [2.45, 2.75) is 25.5 Å². The van der Waals surface area contributed by atoms with E-state index in [9.17, 15) is 0 Å². The molecule has 1 aliphatic heterocycles. The van der Waals surface area contributed by atoms with E-state index < -0.39 is 0 Å². The molecule has 0 amide bonds. The predicted octanol–water partition coefficient (Wildman–Crippen LogP) is 0.806. The van der Waals surface area contributed by atoms with Crippen molar-refractivity contribution in [1.29, 1.82) is 0 Å². The fourth-order valence-electron chi connectivity index (χ4n) is 1.35. The van der Waals surface area contributed by atoms with Crippen LogP contribution < -0.4 is 0 Å². The minimum Gasteiger partial charge on any atom is -0.383 e. The van der Waals surface area contributed by atoms with Crippen molar-refractivity contribution in [3.05, 3.63) is 0 Å². The third-order valence-electron chi connectivity index (χ3n) is 1.90. The molecule has 1 fully saturated rings. The molecule has 9 heavy (non-hydrogen) atoms. The Labute approximate surface area is 71.1 Å². The summed E-state index contributed by atoms with van der Waals surface area (Å²) in [6.07, 6.45) is 1.77. The first-order valence-electron chi connectivity index (χ1n) is 3.45. The fourth-order valence-corrected chi connectivity index (χ4v) is 2.43. The zero-order valence-electron chi connectivity index (χ0n) is 5.93. The van der Waals surface area contributed by atoms with Crippen molar-refractivity contribution in [1.82, 2.24) is 0 Å². The lowest BCUT2D eigenvalue weighted by atomic mass is 9.92. The van der Waals surface area contributed by atoms with Gasteiger partial charge in [0.25, 0.3) is 0 Å². The molecule has 0 aromatic heterocycles. The Bertz CT molecular complexity index is 99.1. The van der Waals surface area contributed by atoms with Crippen molar-refractivity contribution >= 4 is 30.4 Å². The van der Waals surface area contributed by atoms with Gasteiger partial charge in [0.1, 0.15) is 7.85 Å². The van der Waals surface area contributed by atoms with Gasteiger partial charge in [0.2, 0.25) is 0 Å². The second-order valence-corrected chi connectivity index (χ2v) is 3.73. The van der Waals surface area contributed by atoms with E-state index in [2.05, 4.69) is 37.4 Å². The molecule has 0 unspecified atom stereocenters. The lowest BCUT2D eigenvalue weighted by Crippen LogP contribution is -2.15.